The molecule has 0 radical (unpaired) electrons. The zero-order valence-electron chi connectivity index (χ0n) is 15.3. The fraction of sp³-hybridized carbons (Fsp3) is 0.100. The average Bonchev–Trinajstić information content (AvgIpc) is 3.17. The average molecular weight is 414 g/mol. The monoisotopic (exact) mass is 413 g/mol. The fourth-order valence-corrected chi connectivity index (χ4v) is 2.74. The van der Waals surface area contributed by atoms with Crippen LogP contribution < -0.4 is 10.2 Å². The minimum atomic E-state index is -0.495. The van der Waals surface area contributed by atoms with Crippen molar-refractivity contribution in [1.82, 2.24) is 5.43 Å². The Kier molecular flexibility index (Phi) is 6.25. The highest BCUT2D eigenvalue weighted by Crippen LogP contribution is 2.33. The van der Waals surface area contributed by atoms with Crippen LogP contribution in [-0.4, -0.2) is 24.2 Å². The van der Waals surface area contributed by atoms with Crippen LogP contribution >= 0.6 is 11.6 Å². The SMILES string of the molecule is COc1ccc(Cl)cc1-c1ccc(C=NNC(=O)Cc2ccc([N+](=O)[O-])cc2)o1. The molecule has 3 rings (SSSR count). The van der Waals surface area contributed by atoms with E-state index in [0.29, 0.717) is 33.4 Å². The minimum absolute atomic E-state index is 0.0304. The maximum Gasteiger partial charge on any atom is 0.269 e. The molecule has 0 aliphatic rings. The number of nitro groups is 1. The summed E-state index contributed by atoms with van der Waals surface area (Å²) in [6.07, 6.45) is 1.41. The van der Waals surface area contributed by atoms with Gasteiger partial charge in [0.05, 0.1) is 30.2 Å². The molecule has 0 bridgehead atoms. The molecule has 0 aliphatic carbocycles. The number of ether oxygens (including phenoxy) is 1. The number of nitro benzene ring substituents is 1. The Labute approximate surface area is 170 Å². The van der Waals surface area contributed by atoms with Crippen molar-refractivity contribution >= 4 is 29.4 Å². The Morgan fingerprint density at radius 3 is 2.69 bits per heavy atom. The summed E-state index contributed by atoms with van der Waals surface area (Å²) in [7, 11) is 1.55. The largest absolute Gasteiger partial charge is 0.496 e. The normalized spacial score (nSPS) is 10.8. The van der Waals surface area contributed by atoms with Gasteiger partial charge in [-0.1, -0.05) is 23.7 Å². The van der Waals surface area contributed by atoms with Crippen LogP contribution in [0, 0.1) is 10.1 Å². The number of carbonyl (C=O) groups excluding carboxylic acids is 1. The van der Waals surface area contributed by atoms with Gasteiger partial charge in [-0.15, -0.1) is 0 Å². The molecular formula is C20H16ClN3O5. The van der Waals surface area contributed by atoms with Crippen LogP contribution in [0.25, 0.3) is 11.3 Å². The second-order valence-electron chi connectivity index (χ2n) is 5.94. The lowest BCUT2D eigenvalue weighted by Gasteiger charge is -2.06. The lowest BCUT2D eigenvalue weighted by Crippen LogP contribution is -2.19. The molecule has 29 heavy (non-hydrogen) atoms. The topological polar surface area (TPSA) is 107 Å². The van der Waals surface area contributed by atoms with E-state index in [1.807, 2.05) is 0 Å². The summed E-state index contributed by atoms with van der Waals surface area (Å²) in [5.41, 5.74) is 3.69. The van der Waals surface area contributed by atoms with E-state index in [1.165, 1.54) is 30.5 Å². The first-order chi connectivity index (χ1) is 14.0. The number of halogens is 1. The molecule has 1 aromatic heterocycles. The first-order valence-electron chi connectivity index (χ1n) is 8.45. The van der Waals surface area contributed by atoms with Crippen LogP contribution in [0.4, 0.5) is 5.69 Å². The number of hydrogen-bond donors (Lipinski definition) is 1. The Balaban J connectivity index is 1.60. The molecular weight excluding hydrogens is 398 g/mol. The van der Waals surface area contributed by atoms with Crippen molar-refractivity contribution in [2.24, 2.45) is 5.10 Å². The van der Waals surface area contributed by atoms with Gasteiger partial charge in [0.15, 0.2) is 0 Å². The Morgan fingerprint density at radius 1 is 1.24 bits per heavy atom. The van der Waals surface area contributed by atoms with Gasteiger partial charge in [-0.05, 0) is 35.9 Å². The van der Waals surface area contributed by atoms with E-state index in [0.717, 1.165) is 0 Å². The van der Waals surface area contributed by atoms with Crippen LogP contribution in [0.1, 0.15) is 11.3 Å². The minimum Gasteiger partial charge on any atom is -0.496 e. The molecule has 1 heterocycles. The van der Waals surface area contributed by atoms with E-state index in [4.69, 9.17) is 20.8 Å². The number of benzene rings is 2. The highest BCUT2D eigenvalue weighted by atomic mass is 35.5. The van der Waals surface area contributed by atoms with Crippen LogP contribution in [-0.2, 0) is 11.2 Å². The number of nitrogens with zero attached hydrogens (tertiary/aromatic N) is 2. The van der Waals surface area contributed by atoms with Crippen molar-refractivity contribution in [2.45, 2.75) is 6.42 Å². The van der Waals surface area contributed by atoms with Crippen molar-refractivity contribution in [3.63, 3.8) is 0 Å². The summed E-state index contributed by atoms with van der Waals surface area (Å²) in [5, 5.41) is 15.1. The van der Waals surface area contributed by atoms with Crippen molar-refractivity contribution in [3.8, 4) is 17.1 Å². The molecule has 1 N–H and O–H groups in total. The smallest absolute Gasteiger partial charge is 0.269 e. The van der Waals surface area contributed by atoms with E-state index in [2.05, 4.69) is 10.5 Å². The first kappa shape index (κ1) is 20.1. The zero-order chi connectivity index (χ0) is 20.8. The summed E-state index contributed by atoms with van der Waals surface area (Å²) < 4.78 is 11.0. The lowest BCUT2D eigenvalue weighted by molar-refractivity contribution is -0.384. The van der Waals surface area contributed by atoms with Gasteiger partial charge in [0.25, 0.3) is 5.69 Å². The molecule has 1 amide bonds. The van der Waals surface area contributed by atoms with Gasteiger partial charge >= 0.3 is 0 Å². The quantitative estimate of drug-likeness (QED) is 0.354. The summed E-state index contributed by atoms with van der Waals surface area (Å²) in [5.74, 6) is 1.22. The van der Waals surface area contributed by atoms with Gasteiger partial charge in [-0.25, -0.2) is 5.43 Å². The number of rotatable bonds is 7. The number of amides is 1. The van der Waals surface area contributed by atoms with Crippen LogP contribution in [0.3, 0.4) is 0 Å². The van der Waals surface area contributed by atoms with Gasteiger partial charge in [-0.2, -0.15) is 5.10 Å². The molecule has 8 nitrogen and oxygen atoms in total. The third kappa shape index (κ3) is 5.20. The molecule has 2 aromatic carbocycles. The van der Waals surface area contributed by atoms with E-state index in [-0.39, 0.29) is 18.0 Å². The number of hydrogen-bond acceptors (Lipinski definition) is 6. The lowest BCUT2D eigenvalue weighted by atomic mass is 10.1. The fourth-order valence-electron chi connectivity index (χ4n) is 2.57. The van der Waals surface area contributed by atoms with E-state index >= 15 is 0 Å². The van der Waals surface area contributed by atoms with E-state index < -0.39 is 4.92 Å². The van der Waals surface area contributed by atoms with Crippen LogP contribution in [0.2, 0.25) is 5.02 Å². The summed E-state index contributed by atoms with van der Waals surface area (Å²) >= 11 is 6.04. The molecule has 0 spiro atoms. The Morgan fingerprint density at radius 2 is 2.00 bits per heavy atom. The Hall–Kier alpha value is -3.65. The highest BCUT2D eigenvalue weighted by molar-refractivity contribution is 6.30. The molecule has 0 unspecified atom stereocenters. The zero-order valence-corrected chi connectivity index (χ0v) is 16.1. The van der Waals surface area contributed by atoms with Gasteiger partial charge in [0.1, 0.15) is 17.3 Å². The number of furan rings is 1. The molecule has 0 atom stereocenters. The third-order valence-electron chi connectivity index (χ3n) is 3.95. The molecule has 0 aliphatic heterocycles. The van der Waals surface area contributed by atoms with Crippen molar-refractivity contribution in [2.75, 3.05) is 7.11 Å². The number of methoxy groups -OCH3 is 1. The van der Waals surface area contributed by atoms with Gasteiger partial charge < -0.3 is 9.15 Å². The standard InChI is InChI=1S/C20H16ClN3O5/c1-28-18-8-4-14(21)11-17(18)19-9-7-16(29-19)12-22-23-20(25)10-13-2-5-15(6-3-13)24(26)27/h2-9,11-12H,10H2,1H3,(H,23,25). The maximum atomic E-state index is 11.9. The summed E-state index contributed by atoms with van der Waals surface area (Å²) in [4.78, 5) is 22.1. The van der Waals surface area contributed by atoms with E-state index in [1.54, 1.807) is 37.4 Å². The van der Waals surface area contributed by atoms with Crippen molar-refractivity contribution < 1.29 is 18.9 Å². The molecule has 148 valence electrons. The van der Waals surface area contributed by atoms with Crippen molar-refractivity contribution in [1.29, 1.82) is 0 Å². The van der Waals surface area contributed by atoms with Crippen LogP contribution in [0.15, 0.2) is 64.1 Å². The number of hydrazone groups is 1. The summed E-state index contributed by atoms with van der Waals surface area (Å²) in [6, 6.07) is 14.4. The van der Waals surface area contributed by atoms with Crippen LogP contribution in [0.5, 0.6) is 5.75 Å². The molecule has 9 heteroatoms. The Bertz CT molecular complexity index is 1060. The second kappa shape index (κ2) is 9.03. The highest BCUT2D eigenvalue weighted by Gasteiger charge is 2.11. The third-order valence-corrected chi connectivity index (χ3v) is 4.18. The second-order valence-corrected chi connectivity index (χ2v) is 6.38. The molecule has 0 fully saturated rings. The molecule has 0 saturated heterocycles. The predicted octanol–water partition coefficient (Wildman–Crippen LogP) is 4.21. The van der Waals surface area contributed by atoms with Gasteiger partial charge in [-0.3, -0.25) is 14.9 Å². The number of carbonyl (C=O) groups is 1. The number of nitrogens with one attached hydrogen (secondary N) is 1. The molecule has 3 aromatic rings. The predicted molar refractivity (Wildman–Crippen MR) is 108 cm³/mol. The molecule has 0 saturated carbocycles. The maximum absolute atomic E-state index is 11.9. The number of non-ortho nitro benzene ring substituents is 1. The van der Waals surface area contributed by atoms with Gasteiger partial charge in [0.2, 0.25) is 5.91 Å². The van der Waals surface area contributed by atoms with Crippen molar-refractivity contribution in [3.05, 3.63) is 81.1 Å². The van der Waals surface area contributed by atoms with E-state index in [9.17, 15) is 14.9 Å². The first-order valence-corrected chi connectivity index (χ1v) is 8.83. The summed E-state index contributed by atoms with van der Waals surface area (Å²) in [6.45, 7) is 0. The van der Waals surface area contributed by atoms with Gasteiger partial charge in [0, 0.05) is 17.2 Å².